The Hall–Kier alpha value is -0.650. The third-order valence-corrected chi connectivity index (χ3v) is 4.87. The maximum absolute atomic E-state index is 5.71. The molecular formula is C12H22N4S. The number of nitrogens with two attached hydrogens (primary N) is 1. The number of rotatable bonds is 3. The van der Waals surface area contributed by atoms with Crippen LogP contribution in [-0.2, 0) is 6.54 Å². The van der Waals surface area contributed by atoms with E-state index in [9.17, 15) is 0 Å². The molecule has 5 heteroatoms. The predicted molar refractivity (Wildman–Crippen MR) is 73.7 cm³/mol. The van der Waals surface area contributed by atoms with Crippen LogP contribution in [0.15, 0.2) is 0 Å². The average Bonchev–Trinajstić information content (AvgIpc) is 2.70. The quantitative estimate of drug-likeness (QED) is 0.886. The summed E-state index contributed by atoms with van der Waals surface area (Å²) in [5.74, 6) is 0. The Bertz CT molecular complexity index is 369. The van der Waals surface area contributed by atoms with Gasteiger partial charge >= 0.3 is 0 Å². The second kappa shape index (κ2) is 5.33. The van der Waals surface area contributed by atoms with Crippen LogP contribution in [0.1, 0.15) is 23.4 Å². The standard InChI is InChI=1S/C12H22N4S/c1-9-11(8-13)17-12(14-9)16(3)10-4-6-15(2)7-5-10/h10H,4-8,13H2,1-3H3. The Balaban J connectivity index is 2.05. The molecule has 0 atom stereocenters. The van der Waals surface area contributed by atoms with Gasteiger partial charge < -0.3 is 15.5 Å². The fourth-order valence-electron chi connectivity index (χ4n) is 2.29. The van der Waals surface area contributed by atoms with Crippen LogP contribution in [0.2, 0.25) is 0 Å². The molecule has 1 aliphatic heterocycles. The first kappa shape index (κ1) is 12.8. The molecule has 0 aliphatic carbocycles. The second-order valence-corrected chi connectivity index (χ2v) is 5.92. The van der Waals surface area contributed by atoms with E-state index < -0.39 is 0 Å². The van der Waals surface area contributed by atoms with Crippen LogP contribution in [0.5, 0.6) is 0 Å². The summed E-state index contributed by atoms with van der Waals surface area (Å²) in [5, 5.41) is 1.12. The molecule has 2 rings (SSSR count). The summed E-state index contributed by atoms with van der Waals surface area (Å²) in [7, 11) is 4.35. The molecule has 0 aromatic carbocycles. The number of nitrogens with zero attached hydrogens (tertiary/aromatic N) is 3. The fourth-order valence-corrected chi connectivity index (χ4v) is 3.26. The summed E-state index contributed by atoms with van der Waals surface area (Å²) in [5.41, 5.74) is 6.80. The van der Waals surface area contributed by atoms with Crippen LogP contribution in [-0.4, -0.2) is 43.1 Å². The molecule has 96 valence electrons. The highest BCUT2D eigenvalue weighted by Gasteiger charge is 2.23. The van der Waals surface area contributed by atoms with E-state index in [1.807, 2.05) is 6.92 Å². The van der Waals surface area contributed by atoms with E-state index >= 15 is 0 Å². The Morgan fingerprint density at radius 1 is 1.47 bits per heavy atom. The molecule has 0 bridgehead atoms. The molecule has 1 aromatic rings. The highest BCUT2D eigenvalue weighted by Crippen LogP contribution is 2.28. The lowest BCUT2D eigenvalue weighted by molar-refractivity contribution is 0.253. The smallest absolute Gasteiger partial charge is 0.185 e. The van der Waals surface area contributed by atoms with Gasteiger partial charge in [0.25, 0.3) is 0 Å². The van der Waals surface area contributed by atoms with E-state index in [0.717, 1.165) is 10.8 Å². The van der Waals surface area contributed by atoms with Crippen LogP contribution >= 0.6 is 11.3 Å². The van der Waals surface area contributed by atoms with Crippen LogP contribution < -0.4 is 10.6 Å². The molecule has 1 aliphatic rings. The van der Waals surface area contributed by atoms with Crippen LogP contribution in [0.3, 0.4) is 0 Å². The number of aromatic nitrogens is 1. The summed E-state index contributed by atoms with van der Waals surface area (Å²) in [4.78, 5) is 10.6. The van der Waals surface area contributed by atoms with E-state index in [1.54, 1.807) is 11.3 Å². The minimum atomic E-state index is 0.602. The van der Waals surface area contributed by atoms with Gasteiger partial charge in [-0.25, -0.2) is 4.98 Å². The van der Waals surface area contributed by atoms with Crippen molar-refractivity contribution in [2.75, 3.05) is 32.1 Å². The third kappa shape index (κ3) is 2.78. The van der Waals surface area contributed by atoms with Crippen molar-refractivity contribution >= 4 is 16.5 Å². The summed E-state index contributed by atoms with van der Waals surface area (Å²) in [6.07, 6.45) is 2.45. The van der Waals surface area contributed by atoms with Gasteiger partial charge in [-0.3, -0.25) is 0 Å². The molecule has 2 N–H and O–H groups in total. The van der Waals surface area contributed by atoms with Gasteiger partial charge in [-0.15, -0.1) is 11.3 Å². The lowest BCUT2D eigenvalue weighted by Crippen LogP contribution is -2.41. The normalized spacial score (nSPS) is 18.6. The number of anilines is 1. The fraction of sp³-hybridized carbons (Fsp3) is 0.750. The molecule has 1 saturated heterocycles. The summed E-state index contributed by atoms with van der Waals surface area (Å²) in [6.45, 7) is 5.02. The topological polar surface area (TPSA) is 45.4 Å². The average molecular weight is 254 g/mol. The van der Waals surface area contributed by atoms with Gasteiger partial charge in [-0.05, 0) is 39.9 Å². The first-order chi connectivity index (χ1) is 8.11. The lowest BCUT2D eigenvalue weighted by Gasteiger charge is -2.34. The summed E-state index contributed by atoms with van der Waals surface area (Å²) in [6, 6.07) is 0.627. The highest BCUT2D eigenvalue weighted by molar-refractivity contribution is 7.15. The molecule has 4 nitrogen and oxygen atoms in total. The van der Waals surface area contributed by atoms with Crippen LogP contribution in [0.4, 0.5) is 5.13 Å². The van der Waals surface area contributed by atoms with Crippen molar-refractivity contribution in [3.63, 3.8) is 0 Å². The number of piperidine rings is 1. The Labute approximate surface area is 107 Å². The van der Waals surface area contributed by atoms with Crippen molar-refractivity contribution in [1.29, 1.82) is 0 Å². The Kier molecular flexibility index (Phi) is 4.01. The van der Waals surface area contributed by atoms with E-state index in [1.165, 1.54) is 30.8 Å². The molecule has 1 aromatic heterocycles. The largest absolute Gasteiger partial charge is 0.348 e. The van der Waals surface area contributed by atoms with Crippen molar-refractivity contribution in [1.82, 2.24) is 9.88 Å². The summed E-state index contributed by atoms with van der Waals surface area (Å²) >= 11 is 1.74. The minimum Gasteiger partial charge on any atom is -0.348 e. The van der Waals surface area contributed by atoms with E-state index in [4.69, 9.17) is 5.73 Å². The van der Waals surface area contributed by atoms with Crippen molar-refractivity contribution in [3.05, 3.63) is 10.6 Å². The zero-order chi connectivity index (χ0) is 12.4. The van der Waals surface area contributed by atoms with Crippen molar-refractivity contribution in [2.45, 2.75) is 32.4 Å². The van der Waals surface area contributed by atoms with Gasteiger partial charge in [0, 0.05) is 24.5 Å². The monoisotopic (exact) mass is 254 g/mol. The molecule has 2 heterocycles. The van der Waals surface area contributed by atoms with Crippen LogP contribution in [0, 0.1) is 6.92 Å². The molecule has 0 radical (unpaired) electrons. The first-order valence-corrected chi connectivity index (χ1v) is 7.01. The maximum atomic E-state index is 5.71. The molecule has 0 spiro atoms. The number of hydrogen-bond acceptors (Lipinski definition) is 5. The van der Waals surface area contributed by atoms with E-state index in [0.29, 0.717) is 12.6 Å². The lowest BCUT2D eigenvalue weighted by atomic mass is 10.0. The summed E-state index contributed by atoms with van der Waals surface area (Å²) < 4.78 is 0. The maximum Gasteiger partial charge on any atom is 0.185 e. The molecule has 0 saturated carbocycles. The first-order valence-electron chi connectivity index (χ1n) is 6.19. The number of thiazole rings is 1. The molecule has 0 amide bonds. The van der Waals surface area contributed by atoms with Gasteiger partial charge in [-0.1, -0.05) is 0 Å². The van der Waals surface area contributed by atoms with Gasteiger partial charge in [0.1, 0.15) is 0 Å². The molecular weight excluding hydrogens is 232 g/mol. The van der Waals surface area contributed by atoms with Crippen molar-refractivity contribution in [3.8, 4) is 0 Å². The van der Waals surface area contributed by atoms with Gasteiger partial charge in [-0.2, -0.15) is 0 Å². The molecule has 0 unspecified atom stereocenters. The Morgan fingerprint density at radius 2 is 2.12 bits per heavy atom. The van der Waals surface area contributed by atoms with Gasteiger partial charge in [0.15, 0.2) is 5.13 Å². The second-order valence-electron chi connectivity index (χ2n) is 4.85. The third-order valence-electron chi connectivity index (χ3n) is 3.60. The minimum absolute atomic E-state index is 0.602. The number of likely N-dealkylation sites (tertiary alicyclic amines) is 1. The zero-order valence-corrected chi connectivity index (χ0v) is 11.8. The number of aryl methyl sites for hydroxylation is 1. The molecule has 17 heavy (non-hydrogen) atoms. The van der Waals surface area contributed by atoms with Gasteiger partial charge in [0.05, 0.1) is 5.69 Å². The van der Waals surface area contributed by atoms with Crippen molar-refractivity contribution in [2.24, 2.45) is 5.73 Å². The van der Waals surface area contributed by atoms with E-state index in [-0.39, 0.29) is 0 Å². The number of hydrogen-bond donors (Lipinski definition) is 1. The Morgan fingerprint density at radius 3 is 2.65 bits per heavy atom. The van der Waals surface area contributed by atoms with Crippen molar-refractivity contribution < 1.29 is 0 Å². The van der Waals surface area contributed by atoms with E-state index in [2.05, 4.69) is 28.9 Å². The molecule has 1 fully saturated rings. The zero-order valence-electron chi connectivity index (χ0n) is 10.9. The predicted octanol–water partition coefficient (Wildman–Crippen LogP) is 1.44. The van der Waals surface area contributed by atoms with Crippen LogP contribution in [0.25, 0.3) is 0 Å². The highest BCUT2D eigenvalue weighted by atomic mass is 32.1. The SMILES string of the molecule is Cc1nc(N(C)C2CCN(C)CC2)sc1CN. The van der Waals surface area contributed by atoms with Gasteiger partial charge in [0.2, 0.25) is 0 Å².